The van der Waals surface area contributed by atoms with Crippen molar-refractivity contribution in [1.82, 2.24) is 4.98 Å². The first-order chi connectivity index (χ1) is 12.9. The van der Waals surface area contributed by atoms with Crippen molar-refractivity contribution in [2.24, 2.45) is 0 Å². The van der Waals surface area contributed by atoms with Crippen LogP contribution in [0.3, 0.4) is 0 Å². The number of aliphatic carboxylic acids is 1. The normalized spacial score (nSPS) is 10.4. The van der Waals surface area contributed by atoms with Gasteiger partial charge in [-0.05, 0) is 23.3 Å². The summed E-state index contributed by atoms with van der Waals surface area (Å²) in [5.41, 5.74) is 1.54. The Morgan fingerprint density at radius 2 is 1.89 bits per heavy atom. The van der Waals surface area contributed by atoms with Crippen molar-refractivity contribution in [1.29, 1.82) is 0 Å². The molecule has 2 aromatic carbocycles. The van der Waals surface area contributed by atoms with Gasteiger partial charge in [0, 0.05) is 24.0 Å². The van der Waals surface area contributed by atoms with E-state index in [4.69, 9.17) is 9.84 Å². The molecule has 0 fully saturated rings. The molecule has 0 spiro atoms. The van der Waals surface area contributed by atoms with E-state index in [1.54, 1.807) is 30.3 Å². The van der Waals surface area contributed by atoms with Crippen LogP contribution in [0.1, 0.15) is 5.56 Å². The second kappa shape index (κ2) is 7.61. The molecule has 3 rings (SSSR count). The summed E-state index contributed by atoms with van der Waals surface area (Å²) in [5.74, 6) is -1.63. The largest absolute Gasteiger partial charge is 0.481 e. The van der Waals surface area contributed by atoms with Gasteiger partial charge >= 0.3 is 5.97 Å². The lowest BCUT2D eigenvalue weighted by Crippen LogP contribution is -1.99. The summed E-state index contributed by atoms with van der Waals surface area (Å²) in [4.78, 5) is 24.8. The third-order valence-electron chi connectivity index (χ3n) is 3.75. The Labute approximate surface area is 152 Å². The fourth-order valence-corrected chi connectivity index (χ4v) is 2.47. The Kier molecular flexibility index (Phi) is 5.07. The molecule has 0 aliphatic carbocycles. The molecule has 136 valence electrons. The lowest BCUT2D eigenvalue weighted by Gasteiger charge is -2.12. The van der Waals surface area contributed by atoms with E-state index in [1.165, 1.54) is 18.5 Å². The number of benzene rings is 2. The average molecular weight is 368 g/mol. The summed E-state index contributed by atoms with van der Waals surface area (Å²) in [6.45, 7) is 0. The number of carboxylic acids is 1. The summed E-state index contributed by atoms with van der Waals surface area (Å²) >= 11 is 0. The molecular weight excluding hydrogens is 355 g/mol. The minimum atomic E-state index is -0.929. The van der Waals surface area contributed by atoms with E-state index in [0.29, 0.717) is 22.4 Å². The van der Waals surface area contributed by atoms with Crippen LogP contribution in [0.5, 0.6) is 11.5 Å². The third kappa shape index (κ3) is 4.24. The molecule has 0 saturated carbocycles. The van der Waals surface area contributed by atoms with E-state index < -0.39 is 16.7 Å². The molecular formula is C19H13FN2O5. The zero-order chi connectivity index (χ0) is 19.4. The number of halogens is 1. The molecule has 0 radical (unpaired) electrons. The maximum Gasteiger partial charge on any atom is 0.307 e. The lowest BCUT2D eigenvalue weighted by atomic mass is 10.0. The van der Waals surface area contributed by atoms with Crippen LogP contribution in [0, 0.1) is 15.9 Å². The quantitative estimate of drug-likeness (QED) is 0.516. The Hall–Kier alpha value is -3.81. The van der Waals surface area contributed by atoms with Gasteiger partial charge in [-0.15, -0.1) is 0 Å². The summed E-state index contributed by atoms with van der Waals surface area (Å²) in [6.07, 6.45) is 2.91. The van der Waals surface area contributed by atoms with Crippen LogP contribution in [0.2, 0.25) is 0 Å². The van der Waals surface area contributed by atoms with Crippen molar-refractivity contribution >= 4 is 11.7 Å². The van der Waals surface area contributed by atoms with E-state index in [-0.39, 0.29) is 17.9 Å². The molecule has 1 aromatic heterocycles. The number of nitro benzene ring substituents is 1. The molecule has 7 nitrogen and oxygen atoms in total. The summed E-state index contributed by atoms with van der Waals surface area (Å²) in [5, 5.41) is 19.5. The number of aromatic nitrogens is 1. The second-order valence-electron chi connectivity index (χ2n) is 5.61. The number of carboxylic acid groups (broad SMARTS) is 1. The first kappa shape index (κ1) is 18.0. The number of hydrogen-bond acceptors (Lipinski definition) is 5. The number of pyridine rings is 1. The average Bonchev–Trinajstić information content (AvgIpc) is 2.64. The molecule has 1 N–H and O–H groups in total. The van der Waals surface area contributed by atoms with Crippen LogP contribution in [-0.4, -0.2) is 21.0 Å². The van der Waals surface area contributed by atoms with Crippen LogP contribution >= 0.6 is 0 Å². The van der Waals surface area contributed by atoms with Crippen LogP contribution in [-0.2, 0) is 11.2 Å². The van der Waals surface area contributed by atoms with Gasteiger partial charge in [0.15, 0.2) is 11.6 Å². The van der Waals surface area contributed by atoms with Gasteiger partial charge in [-0.1, -0.05) is 24.3 Å². The molecule has 0 bridgehead atoms. The van der Waals surface area contributed by atoms with E-state index in [0.717, 1.165) is 12.1 Å². The maximum atomic E-state index is 14.1. The molecule has 0 aliphatic heterocycles. The topological polar surface area (TPSA) is 103 Å². The number of carbonyl (C=O) groups is 1. The molecule has 0 amide bonds. The van der Waals surface area contributed by atoms with Crippen molar-refractivity contribution in [2.75, 3.05) is 0 Å². The molecule has 0 aliphatic rings. The molecule has 0 saturated heterocycles. The van der Waals surface area contributed by atoms with Gasteiger partial charge in [-0.3, -0.25) is 19.9 Å². The highest BCUT2D eigenvalue weighted by atomic mass is 19.1. The fraction of sp³-hybridized carbons (Fsp3) is 0.0526. The van der Waals surface area contributed by atoms with Crippen molar-refractivity contribution in [3.8, 4) is 22.6 Å². The van der Waals surface area contributed by atoms with Gasteiger partial charge < -0.3 is 9.84 Å². The minimum absolute atomic E-state index is 0.0926. The SMILES string of the molecule is O=C(O)Cc1ccc(-c2cnccc2Oc2ccc([N+](=O)[O-])cc2F)cc1. The monoisotopic (exact) mass is 368 g/mol. The van der Waals surface area contributed by atoms with Crippen molar-refractivity contribution in [3.05, 3.63) is 82.4 Å². The van der Waals surface area contributed by atoms with Crippen molar-refractivity contribution in [2.45, 2.75) is 6.42 Å². The Morgan fingerprint density at radius 1 is 1.15 bits per heavy atom. The molecule has 0 unspecified atom stereocenters. The number of ether oxygens (including phenoxy) is 1. The molecule has 0 atom stereocenters. The predicted molar refractivity (Wildman–Crippen MR) is 94.1 cm³/mol. The van der Waals surface area contributed by atoms with Gasteiger partial charge in [-0.2, -0.15) is 0 Å². The highest BCUT2D eigenvalue weighted by Crippen LogP contribution is 2.34. The standard InChI is InChI=1S/C19H13FN2O5/c20-16-10-14(22(25)26)5-6-18(16)27-17-7-8-21-11-15(17)13-3-1-12(2-4-13)9-19(23)24/h1-8,10-11H,9H2,(H,23,24). The van der Waals surface area contributed by atoms with Crippen molar-refractivity contribution in [3.63, 3.8) is 0 Å². The number of hydrogen-bond donors (Lipinski definition) is 1. The molecule has 1 heterocycles. The highest BCUT2D eigenvalue weighted by molar-refractivity contribution is 5.73. The lowest BCUT2D eigenvalue weighted by molar-refractivity contribution is -0.385. The predicted octanol–water partition coefficient (Wildman–Crippen LogP) is 4.22. The zero-order valence-corrected chi connectivity index (χ0v) is 13.8. The van der Waals surface area contributed by atoms with Gasteiger partial charge in [0.25, 0.3) is 5.69 Å². The van der Waals surface area contributed by atoms with Crippen LogP contribution < -0.4 is 4.74 Å². The van der Waals surface area contributed by atoms with E-state index in [2.05, 4.69) is 4.98 Å². The van der Waals surface area contributed by atoms with Gasteiger partial charge in [-0.25, -0.2) is 4.39 Å². The van der Waals surface area contributed by atoms with E-state index in [1.807, 2.05) is 0 Å². The second-order valence-corrected chi connectivity index (χ2v) is 5.61. The molecule has 8 heteroatoms. The fourth-order valence-electron chi connectivity index (χ4n) is 2.47. The smallest absolute Gasteiger partial charge is 0.307 e. The van der Waals surface area contributed by atoms with Gasteiger partial charge in [0.05, 0.1) is 17.4 Å². The number of nitrogens with zero attached hydrogens (tertiary/aromatic N) is 2. The molecule has 3 aromatic rings. The summed E-state index contributed by atoms with van der Waals surface area (Å²) in [7, 11) is 0. The van der Waals surface area contributed by atoms with E-state index >= 15 is 0 Å². The summed E-state index contributed by atoms with van der Waals surface area (Å²) < 4.78 is 19.7. The van der Waals surface area contributed by atoms with Crippen molar-refractivity contribution < 1.29 is 24.0 Å². The Balaban J connectivity index is 1.90. The maximum absolute atomic E-state index is 14.1. The first-order valence-electron chi connectivity index (χ1n) is 7.81. The van der Waals surface area contributed by atoms with Crippen LogP contribution in [0.4, 0.5) is 10.1 Å². The van der Waals surface area contributed by atoms with E-state index in [9.17, 15) is 19.3 Å². The summed E-state index contributed by atoms with van der Waals surface area (Å²) in [6, 6.07) is 11.5. The highest BCUT2D eigenvalue weighted by Gasteiger charge is 2.14. The number of nitro groups is 1. The zero-order valence-electron chi connectivity index (χ0n) is 13.8. The Bertz CT molecular complexity index is 1010. The number of rotatable bonds is 6. The Morgan fingerprint density at radius 3 is 2.52 bits per heavy atom. The van der Waals surface area contributed by atoms with Crippen LogP contribution in [0.15, 0.2) is 60.9 Å². The van der Waals surface area contributed by atoms with Gasteiger partial charge in [0.2, 0.25) is 0 Å². The number of non-ortho nitro benzene ring substituents is 1. The minimum Gasteiger partial charge on any atom is -0.481 e. The van der Waals surface area contributed by atoms with Crippen LogP contribution in [0.25, 0.3) is 11.1 Å². The van der Waals surface area contributed by atoms with Gasteiger partial charge in [0.1, 0.15) is 5.75 Å². The first-order valence-corrected chi connectivity index (χ1v) is 7.81. The third-order valence-corrected chi connectivity index (χ3v) is 3.75. The molecule has 27 heavy (non-hydrogen) atoms.